The zero-order valence-corrected chi connectivity index (χ0v) is 14.4. The van der Waals surface area contributed by atoms with Crippen LogP contribution in [0.5, 0.6) is 5.75 Å². The lowest BCUT2D eigenvalue weighted by molar-refractivity contribution is 0.0635. The number of carbonyl (C=O) groups excluding carboxylic acids is 1. The molecule has 3 rings (SSSR count). The fraction of sp³-hybridized carbons (Fsp3) is 0.611. The van der Waals surface area contributed by atoms with Gasteiger partial charge in [0.05, 0.1) is 12.8 Å². The molecular weight excluding hydrogens is 292 g/mol. The van der Waals surface area contributed by atoms with Crippen LogP contribution in [0, 0.1) is 0 Å². The summed E-state index contributed by atoms with van der Waals surface area (Å²) in [6.07, 6.45) is 3.96. The Morgan fingerprint density at radius 2 is 1.87 bits per heavy atom. The highest BCUT2D eigenvalue weighted by molar-refractivity contribution is 5.87. The molecule has 2 aliphatic carbocycles. The van der Waals surface area contributed by atoms with Crippen molar-refractivity contribution in [2.45, 2.75) is 63.0 Å². The van der Waals surface area contributed by atoms with Gasteiger partial charge < -0.3 is 15.2 Å². The second kappa shape index (κ2) is 5.13. The number of amides is 1. The molecule has 2 aliphatic rings. The van der Waals surface area contributed by atoms with Gasteiger partial charge in [0.2, 0.25) is 0 Å². The Kier molecular flexibility index (Phi) is 3.59. The molecule has 0 radical (unpaired) electrons. The lowest BCUT2D eigenvalue weighted by atomic mass is 9.86. The van der Waals surface area contributed by atoms with Crippen molar-refractivity contribution in [2.24, 2.45) is 5.73 Å². The molecule has 2 fully saturated rings. The van der Waals surface area contributed by atoms with Crippen molar-refractivity contribution in [3.63, 3.8) is 0 Å². The molecule has 5 heteroatoms. The van der Waals surface area contributed by atoms with Gasteiger partial charge in [-0.2, -0.15) is 0 Å². The summed E-state index contributed by atoms with van der Waals surface area (Å²) >= 11 is 0. The maximum Gasteiger partial charge on any atom is 0.412 e. The van der Waals surface area contributed by atoms with Crippen molar-refractivity contribution in [2.75, 3.05) is 12.4 Å². The van der Waals surface area contributed by atoms with Gasteiger partial charge in [0.1, 0.15) is 11.4 Å². The van der Waals surface area contributed by atoms with Gasteiger partial charge in [-0.1, -0.05) is 6.07 Å². The highest BCUT2D eigenvalue weighted by Crippen LogP contribution is 2.64. The van der Waals surface area contributed by atoms with E-state index in [1.807, 2.05) is 32.9 Å². The molecule has 5 nitrogen and oxygen atoms in total. The summed E-state index contributed by atoms with van der Waals surface area (Å²) in [4.78, 5) is 12.0. The van der Waals surface area contributed by atoms with Crippen LogP contribution in [0.2, 0.25) is 0 Å². The topological polar surface area (TPSA) is 73.6 Å². The van der Waals surface area contributed by atoms with Gasteiger partial charge in [0.25, 0.3) is 0 Å². The summed E-state index contributed by atoms with van der Waals surface area (Å²) in [5.74, 6) is 0.642. The third-order valence-corrected chi connectivity index (χ3v) is 4.88. The molecule has 0 spiro atoms. The number of rotatable bonds is 4. The van der Waals surface area contributed by atoms with Crippen LogP contribution >= 0.6 is 0 Å². The quantitative estimate of drug-likeness (QED) is 0.890. The first-order chi connectivity index (χ1) is 10.7. The van der Waals surface area contributed by atoms with Crippen LogP contribution in [0.25, 0.3) is 0 Å². The Balaban J connectivity index is 1.80. The lowest BCUT2D eigenvalue weighted by Gasteiger charge is -2.25. The molecule has 0 heterocycles. The Morgan fingerprint density at radius 1 is 1.22 bits per heavy atom. The average Bonchev–Trinajstić information content (AvgIpc) is 3.33. The van der Waals surface area contributed by atoms with Crippen LogP contribution < -0.4 is 15.8 Å². The maximum atomic E-state index is 12.0. The largest absolute Gasteiger partial charge is 0.495 e. The number of nitrogens with two attached hydrogens (primary N) is 1. The number of benzene rings is 1. The first kappa shape index (κ1) is 16.1. The molecule has 1 aromatic carbocycles. The summed E-state index contributed by atoms with van der Waals surface area (Å²) in [6, 6.07) is 5.94. The maximum absolute atomic E-state index is 12.0. The number of anilines is 1. The van der Waals surface area contributed by atoms with Gasteiger partial charge in [-0.3, -0.25) is 5.32 Å². The summed E-state index contributed by atoms with van der Waals surface area (Å²) in [5.41, 5.74) is 7.82. The minimum Gasteiger partial charge on any atom is -0.495 e. The van der Waals surface area contributed by atoms with E-state index in [-0.39, 0.29) is 11.0 Å². The van der Waals surface area contributed by atoms with E-state index in [0.717, 1.165) is 25.7 Å². The van der Waals surface area contributed by atoms with Crippen molar-refractivity contribution in [1.29, 1.82) is 0 Å². The number of hydrogen-bond donors (Lipinski definition) is 2. The zero-order chi connectivity index (χ0) is 16.9. The number of hydrogen-bond acceptors (Lipinski definition) is 4. The normalized spacial score (nSPS) is 20.6. The standard InChI is InChI=1S/C18H26N2O3/c1-16(2,3)23-15(21)20-13-6-5-12(11-14(13)22-4)17(7-8-17)18(19)9-10-18/h5-6,11H,7-10,19H2,1-4H3,(H,20,21). The number of methoxy groups -OCH3 is 1. The highest BCUT2D eigenvalue weighted by Gasteiger charge is 2.64. The van der Waals surface area contributed by atoms with E-state index in [4.69, 9.17) is 15.2 Å². The molecule has 2 saturated carbocycles. The van der Waals surface area contributed by atoms with Gasteiger partial charge in [0, 0.05) is 11.0 Å². The van der Waals surface area contributed by atoms with Crippen molar-refractivity contribution in [1.82, 2.24) is 0 Å². The first-order valence-corrected chi connectivity index (χ1v) is 8.17. The van der Waals surface area contributed by atoms with Gasteiger partial charge in [-0.05, 0) is 64.2 Å². The van der Waals surface area contributed by atoms with E-state index >= 15 is 0 Å². The third kappa shape index (κ3) is 3.02. The number of nitrogens with one attached hydrogen (secondary N) is 1. The van der Waals surface area contributed by atoms with Crippen molar-refractivity contribution >= 4 is 11.8 Å². The van der Waals surface area contributed by atoms with Crippen LogP contribution in [0.15, 0.2) is 18.2 Å². The minimum absolute atomic E-state index is 0.0435. The molecule has 0 aromatic heterocycles. The van der Waals surface area contributed by atoms with Crippen molar-refractivity contribution < 1.29 is 14.3 Å². The second-order valence-electron chi connectivity index (χ2n) is 7.78. The molecule has 0 saturated heterocycles. The molecule has 1 aromatic rings. The summed E-state index contributed by atoms with van der Waals surface area (Å²) in [7, 11) is 1.61. The SMILES string of the molecule is COc1cc(C2(C3(N)CC3)CC2)ccc1NC(=O)OC(C)(C)C. The Hall–Kier alpha value is -1.75. The van der Waals surface area contributed by atoms with E-state index in [9.17, 15) is 4.79 Å². The Morgan fingerprint density at radius 3 is 2.35 bits per heavy atom. The fourth-order valence-corrected chi connectivity index (χ4v) is 3.32. The van der Waals surface area contributed by atoms with Crippen LogP contribution in [0.4, 0.5) is 10.5 Å². The molecule has 0 aliphatic heterocycles. The molecule has 0 unspecified atom stereocenters. The first-order valence-electron chi connectivity index (χ1n) is 8.17. The molecule has 23 heavy (non-hydrogen) atoms. The fourth-order valence-electron chi connectivity index (χ4n) is 3.32. The molecule has 0 bridgehead atoms. The van der Waals surface area contributed by atoms with E-state index in [1.54, 1.807) is 7.11 Å². The predicted molar refractivity (Wildman–Crippen MR) is 89.9 cm³/mol. The van der Waals surface area contributed by atoms with E-state index in [0.29, 0.717) is 11.4 Å². The average molecular weight is 318 g/mol. The van der Waals surface area contributed by atoms with Gasteiger partial charge in [-0.15, -0.1) is 0 Å². The van der Waals surface area contributed by atoms with Gasteiger partial charge in [-0.25, -0.2) is 4.79 Å². The minimum atomic E-state index is -0.534. The molecular formula is C18H26N2O3. The lowest BCUT2D eigenvalue weighted by Crippen LogP contribution is -2.37. The monoisotopic (exact) mass is 318 g/mol. The van der Waals surface area contributed by atoms with Crippen LogP contribution in [-0.2, 0) is 10.2 Å². The van der Waals surface area contributed by atoms with E-state index in [1.165, 1.54) is 5.56 Å². The van der Waals surface area contributed by atoms with Crippen molar-refractivity contribution in [3.05, 3.63) is 23.8 Å². The molecule has 1 amide bonds. The summed E-state index contributed by atoms with van der Waals surface area (Å²) in [6.45, 7) is 5.50. The molecule has 0 atom stereocenters. The van der Waals surface area contributed by atoms with Gasteiger partial charge >= 0.3 is 6.09 Å². The van der Waals surface area contributed by atoms with E-state index in [2.05, 4.69) is 11.4 Å². The van der Waals surface area contributed by atoms with Crippen LogP contribution in [-0.4, -0.2) is 24.3 Å². The number of ether oxygens (including phenoxy) is 2. The summed E-state index contributed by atoms with van der Waals surface area (Å²) in [5, 5.41) is 2.75. The molecule has 126 valence electrons. The highest BCUT2D eigenvalue weighted by atomic mass is 16.6. The smallest absolute Gasteiger partial charge is 0.412 e. The van der Waals surface area contributed by atoms with Gasteiger partial charge in [0.15, 0.2) is 0 Å². The number of carbonyl (C=O) groups is 1. The Bertz CT molecular complexity index is 626. The van der Waals surface area contributed by atoms with Crippen molar-refractivity contribution in [3.8, 4) is 5.75 Å². The summed E-state index contributed by atoms with van der Waals surface area (Å²) < 4.78 is 10.8. The molecule has 3 N–H and O–H groups in total. The van der Waals surface area contributed by atoms with Crippen LogP contribution in [0.1, 0.15) is 52.0 Å². The third-order valence-electron chi connectivity index (χ3n) is 4.88. The second-order valence-corrected chi connectivity index (χ2v) is 7.78. The van der Waals surface area contributed by atoms with Crippen LogP contribution in [0.3, 0.4) is 0 Å². The Labute approximate surface area is 137 Å². The van der Waals surface area contributed by atoms with E-state index < -0.39 is 11.7 Å². The zero-order valence-electron chi connectivity index (χ0n) is 14.4. The predicted octanol–water partition coefficient (Wildman–Crippen LogP) is 3.57.